The molecule has 0 unspecified atom stereocenters. The number of aromatic nitrogens is 2. The minimum Gasteiger partial charge on any atom is -0.380 e. The minimum absolute atomic E-state index is 0.172. The van der Waals surface area contributed by atoms with Gasteiger partial charge in [-0.1, -0.05) is 6.92 Å². The first-order valence-electron chi connectivity index (χ1n) is 7.71. The average molecular weight is 281 g/mol. The number of aryl methyl sites for hydroxylation is 1. The van der Waals surface area contributed by atoms with E-state index in [1.165, 1.54) is 11.3 Å². The molecule has 0 aromatic carbocycles. The predicted octanol–water partition coefficient (Wildman–Crippen LogP) is 2.86. The summed E-state index contributed by atoms with van der Waals surface area (Å²) in [5.74, 6) is 0. The summed E-state index contributed by atoms with van der Waals surface area (Å²) in [4.78, 5) is 0. The second-order valence-electron chi connectivity index (χ2n) is 6.41. The molecule has 1 heterocycles. The molecule has 1 N–H and O–H groups in total. The van der Waals surface area contributed by atoms with Crippen molar-refractivity contribution >= 4 is 0 Å². The summed E-state index contributed by atoms with van der Waals surface area (Å²) in [5.41, 5.74) is 3.97. The van der Waals surface area contributed by atoms with Crippen LogP contribution in [0.3, 0.4) is 0 Å². The molecule has 4 nitrogen and oxygen atoms in total. The van der Waals surface area contributed by atoms with E-state index in [9.17, 15) is 0 Å². The number of rotatable bonds is 8. The Morgan fingerprint density at radius 1 is 1.20 bits per heavy atom. The number of nitrogens with one attached hydrogen (secondary N) is 1. The molecule has 20 heavy (non-hydrogen) atoms. The van der Waals surface area contributed by atoms with Crippen molar-refractivity contribution in [2.45, 2.75) is 66.5 Å². The van der Waals surface area contributed by atoms with E-state index < -0.39 is 0 Å². The van der Waals surface area contributed by atoms with Gasteiger partial charge in [0.1, 0.15) is 0 Å². The van der Waals surface area contributed by atoms with Crippen LogP contribution in [0.25, 0.3) is 0 Å². The zero-order valence-electron chi connectivity index (χ0n) is 14.0. The first-order chi connectivity index (χ1) is 9.35. The van der Waals surface area contributed by atoms with Crippen LogP contribution in [0.15, 0.2) is 0 Å². The molecule has 0 bridgehead atoms. The first kappa shape index (κ1) is 17.2. The Kier molecular flexibility index (Phi) is 6.69. The fraction of sp³-hybridized carbons (Fsp3) is 0.812. The lowest BCUT2D eigenvalue weighted by Gasteiger charge is -2.20. The molecule has 0 saturated heterocycles. The molecule has 1 rings (SSSR count). The van der Waals surface area contributed by atoms with Crippen molar-refractivity contribution in [2.24, 2.45) is 0 Å². The van der Waals surface area contributed by atoms with Crippen molar-refractivity contribution in [3.05, 3.63) is 17.0 Å². The largest absolute Gasteiger partial charge is 0.380 e. The van der Waals surface area contributed by atoms with Crippen LogP contribution in [0, 0.1) is 13.8 Å². The van der Waals surface area contributed by atoms with Crippen LogP contribution < -0.4 is 5.32 Å². The maximum absolute atomic E-state index is 5.54. The Labute approximate surface area is 123 Å². The molecule has 1 aromatic rings. The van der Waals surface area contributed by atoms with Crippen molar-refractivity contribution in [2.75, 3.05) is 19.8 Å². The molecule has 0 fully saturated rings. The third kappa shape index (κ3) is 5.63. The molecule has 0 saturated carbocycles. The lowest BCUT2D eigenvalue weighted by molar-refractivity contribution is 0.124. The van der Waals surface area contributed by atoms with Crippen LogP contribution in [0.5, 0.6) is 0 Å². The van der Waals surface area contributed by atoms with Crippen LogP contribution in [-0.4, -0.2) is 35.1 Å². The Balaban J connectivity index is 2.53. The zero-order valence-corrected chi connectivity index (χ0v) is 14.0. The molecule has 0 atom stereocenters. The molecule has 0 amide bonds. The second-order valence-corrected chi connectivity index (χ2v) is 6.41. The molecular formula is C16H31N3O. The fourth-order valence-corrected chi connectivity index (χ4v) is 2.27. The Hall–Kier alpha value is -0.870. The third-order valence-corrected chi connectivity index (χ3v) is 3.36. The molecule has 0 spiro atoms. The molecule has 4 heteroatoms. The Morgan fingerprint density at radius 2 is 1.90 bits per heavy atom. The van der Waals surface area contributed by atoms with E-state index in [2.05, 4.69) is 56.6 Å². The summed E-state index contributed by atoms with van der Waals surface area (Å²) >= 11 is 0. The summed E-state index contributed by atoms with van der Waals surface area (Å²) in [7, 11) is 0. The highest BCUT2D eigenvalue weighted by atomic mass is 16.5. The van der Waals surface area contributed by atoms with Crippen LogP contribution >= 0.6 is 0 Å². The summed E-state index contributed by atoms with van der Waals surface area (Å²) in [5, 5.41) is 8.16. The maximum Gasteiger partial charge on any atom is 0.0662 e. The SMILES string of the molecule is CCCOCCn1nc(C)c(CCNC(C)(C)C)c1C. The van der Waals surface area contributed by atoms with Gasteiger partial charge in [0.05, 0.1) is 18.8 Å². The Bertz CT molecular complexity index is 405. The number of nitrogens with zero attached hydrogens (tertiary/aromatic N) is 2. The van der Waals surface area contributed by atoms with Gasteiger partial charge in [0, 0.05) is 17.8 Å². The average Bonchev–Trinajstić information content (AvgIpc) is 2.61. The van der Waals surface area contributed by atoms with Crippen LogP contribution in [0.1, 0.15) is 51.1 Å². The highest BCUT2D eigenvalue weighted by Crippen LogP contribution is 2.14. The molecule has 116 valence electrons. The first-order valence-corrected chi connectivity index (χ1v) is 7.71. The topological polar surface area (TPSA) is 39.1 Å². The van der Waals surface area contributed by atoms with Gasteiger partial charge in [0.15, 0.2) is 0 Å². The van der Waals surface area contributed by atoms with Gasteiger partial charge in [-0.2, -0.15) is 5.10 Å². The standard InChI is InChI=1S/C16H31N3O/c1-7-11-20-12-10-19-14(3)15(13(2)18-19)8-9-17-16(4,5)6/h17H,7-12H2,1-6H3. The molecule has 0 aliphatic rings. The quantitative estimate of drug-likeness (QED) is 0.745. The third-order valence-electron chi connectivity index (χ3n) is 3.36. The number of hydrogen-bond acceptors (Lipinski definition) is 3. The lowest BCUT2D eigenvalue weighted by Crippen LogP contribution is -2.37. The van der Waals surface area contributed by atoms with Gasteiger partial charge < -0.3 is 10.1 Å². The van der Waals surface area contributed by atoms with Gasteiger partial charge in [0.25, 0.3) is 0 Å². The van der Waals surface area contributed by atoms with Crippen molar-refractivity contribution < 1.29 is 4.74 Å². The van der Waals surface area contributed by atoms with Gasteiger partial charge in [0.2, 0.25) is 0 Å². The van der Waals surface area contributed by atoms with Gasteiger partial charge in [-0.05, 0) is 59.6 Å². The van der Waals surface area contributed by atoms with Gasteiger partial charge in [-0.25, -0.2) is 0 Å². The zero-order chi connectivity index (χ0) is 15.2. The highest BCUT2D eigenvalue weighted by Gasteiger charge is 2.13. The van der Waals surface area contributed by atoms with E-state index in [0.717, 1.165) is 44.8 Å². The summed E-state index contributed by atoms with van der Waals surface area (Å²) in [6, 6.07) is 0. The predicted molar refractivity (Wildman–Crippen MR) is 84.3 cm³/mol. The lowest BCUT2D eigenvalue weighted by atomic mass is 10.1. The van der Waals surface area contributed by atoms with Crippen LogP contribution in [0.2, 0.25) is 0 Å². The fourth-order valence-electron chi connectivity index (χ4n) is 2.27. The van der Waals surface area contributed by atoms with E-state index in [0.29, 0.717) is 0 Å². The van der Waals surface area contributed by atoms with E-state index in [1.807, 2.05) is 0 Å². The number of ether oxygens (including phenoxy) is 1. The van der Waals surface area contributed by atoms with Gasteiger partial charge in [-0.15, -0.1) is 0 Å². The van der Waals surface area contributed by atoms with Crippen molar-refractivity contribution in [1.29, 1.82) is 0 Å². The number of hydrogen-bond donors (Lipinski definition) is 1. The highest BCUT2D eigenvalue weighted by molar-refractivity contribution is 5.24. The Morgan fingerprint density at radius 3 is 2.50 bits per heavy atom. The van der Waals surface area contributed by atoms with Crippen LogP contribution in [-0.2, 0) is 17.7 Å². The smallest absolute Gasteiger partial charge is 0.0662 e. The second kappa shape index (κ2) is 7.79. The summed E-state index contributed by atoms with van der Waals surface area (Å²) in [6.45, 7) is 16.4. The summed E-state index contributed by atoms with van der Waals surface area (Å²) in [6.07, 6.45) is 2.10. The maximum atomic E-state index is 5.54. The van der Waals surface area contributed by atoms with Gasteiger partial charge >= 0.3 is 0 Å². The van der Waals surface area contributed by atoms with Crippen molar-refractivity contribution in [1.82, 2.24) is 15.1 Å². The molecule has 0 aliphatic carbocycles. The van der Waals surface area contributed by atoms with E-state index in [1.54, 1.807) is 0 Å². The molecular weight excluding hydrogens is 250 g/mol. The van der Waals surface area contributed by atoms with Crippen LogP contribution in [0.4, 0.5) is 0 Å². The monoisotopic (exact) mass is 281 g/mol. The molecule has 0 aliphatic heterocycles. The normalized spacial score (nSPS) is 12.1. The van der Waals surface area contributed by atoms with E-state index in [-0.39, 0.29) is 5.54 Å². The van der Waals surface area contributed by atoms with Gasteiger partial charge in [-0.3, -0.25) is 4.68 Å². The minimum atomic E-state index is 0.172. The van der Waals surface area contributed by atoms with E-state index in [4.69, 9.17) is 4.74 Å². The van der Waals surface area contributed by atoms with E-state index >= 15 is 0 Å². The summed E-state index contributed by atoms with van der Waals surface area (Å²) < 4.78 is 7.62. The molecule has 0 radical (unpaired) electrons. The van der Waals surface area contributed by atoms with Crippen molar-refractivity contribution in [3.8, 4) is 0 Å². The van der Waals surface area contributed by atoms with Crippen molar-refractivity contribution in [3.63, 3.8) is 0 Å². The molecule has 1 aromatic heterocycles.